The van der Waals surface area contributed by atoms with Crippen molar-refractivity contribution in [2.24, 2.45) is 0 Å². The van der Waals surface area contributed by atoms with Crippen LogP contribution in [0.3, 0.4) is 0 Å². The van der Waals surface area contributed by atoms with E-state index in [1.807, 2.05) is 35.9 Å². The van der Waals surface area contributed by atoms with Crippen molar-refractivity contribution in [2.75, 3.05) is 7.05 Å². The van der Waals surface area contributed by atoms with E-state index in [0.29, 0.717) is 12.2 Å². The van der Waals surface area contributed by atoms with Gasteiger partial charge >= 0.3 is 0 Å². The third kappa shape index (κ3) is 3.88. The molecule has 0 atom stereocenters. The van der Waals surface area contributed by atoms with Gasteiger partial charge in [-0.1, -0.05) is 29.8 Å². The van der Waals surface area contributed by atoms with Gasteiger partial charge in [-0.25, -0.2) is 17.8 Å². The largest absolute Gasteiger partial charge is 0.347 e. The number of carbonyl (C=O) groups excluding carboxylic acids is 1. The highest BCUT2D eigenvalue weighted by Gasteiger charge is 2.26. The molecule has 0 saturated carbocycles. The Hall–Kier alpha value is -2.97. The predicted molar refractivity (Wildman–Crippen MR) is 114 cm³/mol. The summed E-state index contributed by atoms with van der Waals surface area (Å²) in [5, 5.41) is 7.53. The lowest BCUT2D eigenvalue weighted by molar-refractivity contribution is 0.0944. The minimum absolute atomic E-state index is 0.190. The number of aryl methyl sites for hydroxylation is 1. The first kappa shape index (κ1) is 20.3. The van der Waals surface area contributed by atoms with Gasteiger partial charge in [-0.15, -0.1) is 0 Å². The van der Waals surface area contributed by atoms with Crippen molar-refractivity contribution in [3.8, 4) is 5.69 Å². The van der Waals surface area contributed by atoms with Gasteiger partial charge in [-0.05, 0) is 63.1 Å². The van der Waals surface area contributed by atoms with Crippen LogP contribution in [0.15, 0.2) is 53.4 Å². The highest BCUT2D eigenvalue weighted by atomic mass is 32.2. The zero-order chi connectivity index (χ0) is 21.3. The third-order valence-corrected chi connectivity index (χ3v) is 6.81. The highest BCUT2D eigenvalue weighted by molar-refractivity contribution is 7.89. The summed E-state index contributed by atoms with van der Waals surface area (Å²) >= 11 is 0. The lowest BCUT2D eigenvalue weighted by Crippen LogP contribution is -2.24. The van der Waals surface area contributed by atoms with Gasteiger partial charge in [0.25, 0.3) is 5.91 Å². The topological polar surface area (TPSA) is 93.1 Å². The van der Waals surface area contributed by atoms with E-state index in [1.54, 1.807) is 12.1 Å². The van der Waals surface area contributed by atoms with Crippen molar-refractivity contribution in [3.05, 3.63) is 76.6 Å². The molecule has 0 unspecified atom stereocenters. The molecule has 1 aliphatic carbocycles. The number of nitrogens with one attached hydrogen (secondary N) is 2. The second kappa shape index (κ2) is 8.04. The summed E-state index contributed by atoms with van der Waals surface area (Å²) in [4.78, 5) is 13.0. The molecule has 1 amide bonds. The van der Waals surface area contributed by atoms with E-state index >= 15 is 0 Å². The fourth-order valence-corrected chi connectivity index (χ4v) is 4.42. The van der Waals surface area contributed by atoms with E-state index in [4.69, 9.17) is 0 Å². The Morgan fingerprint density at radius 3 is 2.43 bits per heavy atom. The summed E-state index contributed by atoms with van der Waals surface area (Å²) in [6.45, 7) is 2.34. The first-order valence-corrected chi connectivity index (χ1v) is 11.4. The van der Waals surface area contributed by atoms with Crippen LogP contribution in [-0.4, -0.2) is 31.2 Å². The summed E-state index contributed by atoms with van der Waals surface area (Å²) in [6, 6.07) is 14.5. The molecule has 1 heterocycles. The fourth-order valence-electron chi connectivity index (χ4n) is 3.69. The van der Waals surface area contributed by atoms with Crippen molar-refractivity contribution in [1.29, 1.82) is 0 Å². The first-order valence-electron chi connectivity index (χ1n) is 9.87. The van der Waals surface area contributed by atoms with Crippen LogP contribution in [0.5, 0.6) is 0 Å². The molecule has 0 radical (unpaired) electrons. The Labute approximate surface area is 176 Å². The molecule has 8 heteroatoms. The van der Waals surface area contributed by atoms with Crippen LogP contribution >= 0.6 is 0 Å². The molecule has 156 valence electrons. The number of nitrogens with zero attached hydrogens (tertiary/aromatic N) is 2. The molecular formula is C22H24N4O3S. The summed E-state index contributed by atoms with van der Waals surface area (Å²) in [5.41, 5.74) is 5.54. The summed E-state index contributed by atoms with van der Waals surface area (Å²) < 4.78 is 27.8. The number of benzene rings is 2. The van der Waals surface area contributed by atoms with Crippen LogP contribution in [-0.2, 0) is 29.4 Å². The maximum Gasteiger partial charge on any atom is 0.272 e. The van der Waals surface area contributed by atoms with E-state index < -0.39 is 10.0 Å². The van der Waals surface area contributed by atoms with E-state index in [-0.39, 0.29) is 10.8 Å². The van der Waals surface area contributed by atoms with Crippen molar-refractivity contribution in [3.63, 3.8) is 0 Å². The standard InChI is InChI=1S/C22H24N4O3S/c1-15-6-10-17(11-7-15)26-20-5-3-4-19(20)21(25-26)22(27)24-14-16-8-12-18(13-9-16)30(28,29)23-2/h6-13,23H,3-5,14H2,1-2H3,(H,24,27). The van der Waals surface area contributed by atoms with Gasteiger partial charge < -0.3 is 5.32 Å². The monoisotopic (exact) mass is 424 g/mol. The number of hydrogen-bond donors (Lipinski definition) is 2. The first-order chi connectivity index (χ1) is 14.4. The van der Waals surface area contributed by atoms with Gasteiger partial charge in [-0.2, -0.15) is 5.10 Å². The lowest BCUT2D eigenvalue weighted by atomic mass is 10.1. The quantitative estimate of drug-likeness (QED) is 0.636. The average Bonchev–Trinajstić information content (AvgIpc) is 3.36. The molecule has 2 aromatic carbocycles. The lowest BCUT2D eigenvalue weighted by Gasteiger charge is -2.07. The van der Waals surface area contributed by atoms with Gasteiger partial charge in [-0.3, -0.25) is 4.79 Å². The number of rotatable bonds is 6. The molecule has 2 N–H and O–H groups in total. The van der Waals surface area contributed by atoms with Crippen LogP contribution in [0.2, 0.25) is 0 Å². The van der Waals surface area contributed by atoms with Gasteiger partial charge in [0.2, 0.25) is 10.0 Å². The summed E-state index contributed by atoms with van der Waals surface area (Å²) in [6.07, 6.45) is 2.77. The van der Waals surface area contributed by atoms with Gasteiger partial charge in [0.15, 0.2) is 5.69 Å². The van der Waals surface area contributed by atoms with E-state index in [1.165, 1.54) is 24.7 Å². The molecule has 7 nitrogen and oxygen atoms in total. The Kier molecular flexibility index (Phi) is 5.44. The zero-order valence-electron chi connectivity index (χ0n) is 17.0. The number of aromatic nitrogens is 2. The second-order valence-corrected chi connectivity index (χ2v) is 9.30. The molecule has 4 rings (SSSR count). The third-order valence-electron chi connectivity index (χ3n) is 5.38. The molecular weight excluding hydrogens is 400 g/mol. The number of hydrogen-bond acceptors (Lipinski definition) is 4. The molecule has 0 aliphatic heterocycles. The van der Waals surface area contributed by atoms with Crippen LogP contribution in [0.4, 0.5) is 0 Å². The maximum atomic E-state index is 12.9. The summed E-state index contributed by atoms with van der Waals surface area (Å²) in [5.74, 6) is -0.217. The maximum absolute atomic E-state index is 12.9. The average molecular weight is 425 g/mol. The van der Waals surface area contributed by atoms with E-state index in [2.05, 4.69) is 15.1 Å². The fraction of sp³-hybridized carbons (Fsp3) is 0.273. The van der Waals surface area contributed by atoms with Crippen LogP contribution in [0.1, 0.15) is 39.3 Å². The normalized spacial score (nSPS) is 13.3. The molecule has 0 fully saturated rings. The van der Waals surface area contributed by atoms with Crippen molar-refractivity contribution < 1.29 is 13.2 Å². The molecule has 0 bridgehead atoms. The predicted octanol–water partition coefficient (Wildman–Crippen LogP) is 2.51. The summed E-state index contributed by atoms with van der Waals surface area (Å²) in [7, 11) is -2.10. The molecule has 1 aliphatic rings. The van der Waals surface area contributed by atoms with E-state index in [0.717, 1.165) is 41.8 Å². The molecule has 1 aromatic heterocycles. The Morgan fingerprint density at radius 2 is 1.77 bits per heavy atom. The smallest absolute Gasteiger partial charge is 0.272 e. The SMILES string of the molecule is CNS(=O)(=O)c1ccc(CNC(=O)c2nn(-c3ccc(C)cc3)c3c2CCC3)cc1. The molecule has 30 heavy (non-hydrogen) atoms. The van der Waals surface area contributed by atoms with Gasteiger partial charge in [0.1, 0.15) is 0 Å². The molecule has 0 spiro atoms. The van der Waals surface area contributed by atoms with Crippen molar-refractivity contribution in [2.45, 2.75) is 37.6 Å². The van der Waals surface area contributed by atoms with Crippen molar-refractivity contribution in [1.82, 2.24) is 19.8 Å². The van der Waals surface area contributed by atoms with E-state index in [9.17, 15) is 13.2 Å². The molecule has 0 saturated heterocycles. The number of fused-ring (bicyclic) bond motifs is 1. The van der Waals surface area contributed by atoms with Crippen LogP contribution < -0.4 is 10.0 Å². The van der Waals surface area contributed by atoms with Gasteiger partial charge in [0, 0.05) is 17.8 Å². The minimum Gasteiger partial charge on any atom is -0.347 e. The molecule has 3 aromatic rings. The Morgan fingerprint density at radius 1 is 1.07 bits per heavy atom. The minimum atomic E-state index is -3.47. The Bertz CT molecular complexity index is 1180. The number of sulfonamides is 1. The van der Waals surface area contributed by atoms with Crippen LogP contribution in [0.25, 0.3) is 5.69 Å². The number of carbonyl (C=O) groups is 1. The highest BCUT2D eigenvalue weighted by Crippen LogP contribution is 2.28. The second-order valence-electron chi connectivity index (χ2n) is 7.41. The zero-order valence-corrected chi connectivity index (χ0v) is 17.8. The number of amides is 1. The van der Waals surface area contributed by atoms with Gasteiger partial charge in [0.05, 0.1) is 10.6 Å². The Balaban J connectivity index is 1.52. The van der Waals surface area contributed by atoms with Crippen LogP contribution in [0, 0.1) is 6.92 Å². The van der Waals surface area contributed by atoms with Crippen molar-refractivity contribution >= 4 is 15.9 Å².